The number of hydrogen-bond acceptors (Lipinski definition) is 6. The molecule has 2 heterocycles. The number of ether oxygens (including phenoxy) is 2. The van der Waals surface area contributed by atoms with E-state index < -0.39 is 17.7 Å². The minimum absolute atomic E-state index is 0.0175. The number of nitrogens with zero attached hydrogens (tertiary/aromatic N) is 1. The highest BCUT2D eigenvalue weighted by atomic mass is 79.9. The van der Waals surface area contributed by atoms with Crippen LogP contribution in [0.25, 0.3) is 16.7 Å². The molecule has 0 bridgehead atoms. The van der Waals surface area contributed by atoms with Gasteiger partial charge in [-0.05, 0) is 66.9 Å². The number of likely N-dealkylation sites (tertiary alicyclic amines) is 1. The molecule has 1 saturated heterocycles. The molecule has 1 aliphatic heterocycles. The smallest absolute Gasteiger partial charge is 0.295 e. The van der Waals surface area contributed by atoms with Gasteiger partial charge in [-0.25, -0.2) is 0 Å². The number of carbonyl (C=O) groups excluding carboxylic acids is 2. The highest BCUT2D eigenvalue weighted by Crippen LogP contribution is 2.42. The molecule has 39 heavy (non-hydrogen) atoms. The van der Waals surface area contributed by atoms with E-state index in [1.54, 1.807) is 50.4 Å². The van der Waals surface area contributed by atoms with Gasteiger partial charge in [-0.3, -0.25) is 9.59 Å². The van der Waals surface area contributed by atoms with Crippen molar-refractivity contribution in [3.63, 3.8) is 0 Å². The lowest BCUT2D eigenvalue weighted by molar-refractivity contribution is -0.139. The van der Waals surface area contributed by atoms with Crippen LogP contribution in [0.3, 0.4) is 0 Å². The predicted molar refractivity (Wildman–Crippen MR) is 151 cm³/mol. The average Bonchev–Trinajstić information content (AvgIpc) is 3.46. The Bertz CT molecular complexity index is 1590. The summed E-state index contributed by atoms with van der Waals surface area (Å²) in [5, 5.41) is 22.5. The van der Waals surface area contributed by atoms with E-state index in [0.29, 0.717) is 29.9 Å². The molecule has 200 valence electrons. The Kier molecular flexibility index (Phi) is 7.34. The summed E-state index contributed by atoms with van der Waals surface area (Å²) >= 11 is 3.38. The van der Waals surface area contributed by atoms with Crippen LogP contribution in [0.15, 0.2) is 76.9 Å². The number of phenols is 1. The van der Waals surface area contributed by atoms with Crippen molar-refractivity contribution >= 4 is 44.3 Å². The molecule has 0 radical (unpaired) electrons. The van der Waals surface area contributed by atoms with Crippen molar-refractivity contribution in [2.75, 3.05) is 20.3 Å². The molecule has 4 aromatic rings. The summed E-state index contributed by atoms with van der Waals surface area (Å²) in [6.45, 7) is 2.32. The molecule has 1 atom stereocenters. The number of Topliss-reactive ketones (excluding diaryl/α,β-unsaturated/α-hetero) is 1. The summed E-state index contributed by atoms with van der Waals surface area (Å²) in [6.07, 6.45) is 2.33. The Morgan fingerprint density at radius 2 is 1.85 bits per heavy atom. The van der Waals surface area contributed by atoms with Crippen LogP contribution in [0.1, 0.15) is 29.7 Å². The normalized spacial score (nSPS) is 16.7. The lowest BCUT2D eigenvalue weighted by atomic mass is 9.95. The van der Waals surface area contributed by atoms with Crippen molar-refractivity contribution in [3.8, 4) is 17.2 Å². The van der Waals surface area contributed by atoms with Crippen molar-refractivity contribution in [1.82, 2.24) is 9.88 Å². The first-order valence-electron chi connectivity index (χ1n) is 12.5. The lowest BCUT2D eigenvalue weighted by Gasteiger charge is -2.26. The molecule has 0 spiro atoms. The second kappa shape index (κ2) is 10.9. The fourth-order valence-electron chi connectivity index (χ4n) is 4.92. The van der Waals surface area contributed by atoms with Gasteiger partial charge in [0.1, 0.15) is 11.5 Å². The molecule has 3 N–H and O–H groups in total. The van der Waals surface area contributed by atoms with Crippen LogP contribution >= 0.6 is 15.9 Å². The molecule has 8 nitrogen and oxygen atoms in total. The summed E-state index contributed by atoms with van der Waals surface area (Å²) in [7, 11) is 1.60. The number of hydrogen-bond donors (Lipinski definition) is 3. The molecule has 0 aliphatic carbocycles. The number of aromatic nitrogens is 1. The van der Waals surface area contributed by atoms with Gasteiger partial charge in [0.05, 0.1) is 25.3 Å². The maximum absolute atomic E-state index is 13.4. The molecule has 0 saturated carbocycles. The quantitative estimate of drug-likeness (QED) is 0.138. The summed E-state index contributed by atoms with van der Waals surface area (Å²) in [5.74, 6) is -0.859. The van der Waals surface area contributed by atoms with Gasteiger partial charge in [0.25, 0.3) is 11.7 Å². The van der Waals surface area contributed by atoms with E-state index in [2.05, 4.69) is 20.9 Å². The van der Waals surface area contributed by atoms with E-state index in [-0.39, 0.29) is 29.4 Å². The van der Waals surface area contributed by atoms with E-state index in [1.165, 1.54) is 11.0 Å². The van der Waals surface area contributed by atoms with Crippen LogP contribution in [0.5, 0.6) is 17.2 Å². The number of methoxy groups -OCH3 is 1. The molecular formula is C30H27BrN2O6. The van der Waals surface area contributed by atoms with Gasteiger partial charge in [0.15, 0.2) is 11.5 Å². The molecule has 5 rings (SSSR count). The zero-order chi connectivity index (χ0) is 27.7. The first-order chi connectivity index (χ1) is 18.8. The number of halogens is 1. The monoisotopic (exact) mass is 590 g/mol. The molecule has 1 fully saturated rings. The highest BCUT2D eigenvalue weighted by molar-refractivity contribution is 9.10. The van der Waals surface area contributed by atoms with E-state index in [4.69, 9.17) is 9.47 Å². The molecule has 0 unspecified atom stereocenters. The van der Waals surface area contributed by atoms with Crippen LogP contribution in [-0.2, 0) is 16.0 Å². The maximum atomic E-state index is 13.4. The minimum atomic E-state index is -0.881. The van der Waals surface area contributed by atoms with E-state index in [9.17, 15) is 19.8 Å². The molecule has 1 amide bonds. The van der Waals surface area contributed by atoms with Crippen molar-refractivity contribution < 1.29 is 29.3 Å². The van der Waals surface area contributed by atoms with E-state index in [0.717, 1.165) is 20.9 Å². The lowest BCUT2D eigenvalue weighted by Crippen LogP contribution is -2.31. The zero-order valence-corrected chi connectivity index (χ0v) is 23.0. The van der Waals surface area contributed by atoms with E-state index >= 15 is 0 Å². The van der Waals surface area contributed by atoms with Crippen molar-refractivity contribution in [1.29, 1.82) is 0 Å². The predicted octanol–water partition coefficient (Wildman–Crippen LogP) is 5.71. The van der Waals surface area contributed by atoms with Gasteiger partial charge < -0.3 is 29.6 Å². The Morgan fingerprint density at radius 1 is 1.08 bits per heavy atom. The SMILES string of the molecule is CCOc1cc([C@@H]2C(=C(O)c3ccc(Br)cc3)C(=O)C(=O)N2CCc2c[nH]c3ccc(OC)cc23)ccc1O. The topological polar surface area (TPSA) is 112 Å². The average molecular weight is 591 g/mol. The van der Waals surface area contributed by atoms with Gasteiger partial charge in [0.2, 0.25) is 0 Å². The number of ketones is 1. The number of phenolic OH excluding ortho intramolecular Hbond substituents is 1. The van der Waals surface area contributed by atoms with Gasteiger partial charge in [-0.1, -0.05) is 34.1 Å². The fourth-order valence-corrected chi connectivity index (χ4v) is 5.19. The fraction of sp³-hybridized carbons (Fsp3) is 0.200. The van der Waals surface area contributed by atoms with E-state index in [1.807, 2.05) is 24.4 Å². The standard InChI is InChI=1S/C30H27BrN2O6/c1-3-39-25-14-18(6-11-24(25)34)27-26(28(35)17-4-7-20(31)8-5-17)29(36)30(37)33(27)13-12-19-16-32-23-10-9-21(38-2)15-22(19)23/h4-11,14-16,27,32,34-35H,3,12-13H2,1-2H3/t27-/m1/s1. The van der Waals surface area contributed by atoms with Gasteiger partial charge in [0, 0.05) is 33.7 Å². The third kappa shape index (κ3) is 4.97. The van der Waals surface area contributed by atoms with Crippen molar-refractivity contribution in [2.24, 2.45) is 0 Å². The molecule has 1 aromatic heterocycles. The number of aromatic hydroxyl groups is 1. The number of nitrogens with one attached hydrogen (secondary N) is 1. The van der Waals surface area contributed by atoms with Crippen molar-refractivity contribution in [3.05, 3.63) is 93.6 Å². The largest absolute Gasteiger partial charge is 0.507 e. The van der Waals surface area contributed by atoms with Crippen LogP contribution in [0.2, 0.25) is 0 Å². The molecule has 3 aromatic carbocycles. The number of H-pyrrole nitrogens is 1. The number of amides is 1. The number of fused-ring (bicyclic) bond motifs is 1. The van der Waals surface area contributed by atoms with Crippen LogP contribution in [0.4, 0.5) is 0 Å². The first kappa shape index (κ1) is 26.4. The van der Waals surface area contributed by atoms with Crippen LogP contribution in [0, 0.1) is 0 Å². The summed E-state index contributed by atoms with van der Waals surface area (Å²) in [6, 6.07) is 16.4. The summed E-state index contributed by atoms with van der Waals surface area (Å²) in [5.41, 5.74) is 2.82. The number of benzene rings is 3. The van der Waals surface area contributed by atoms with Gasteiger partial charge >= 0.3 is 0 Å². The van der Waals surface area contributed by atoms with Gasteiger partial charge in [-0.2, -0.15) is 0 Å². The maximum Gasteiger partial charge on any atom is 0.295 e. The Balaban J connectivity index is 1.58. The molecule has 1 aliphatic rings. The zero-order valence-electron chi connectivity index (χ0n) is 21.4. The second-order valence-corrected chi connectivity index (χ2v) is 10.1. The van der Waals surface area contributed by atoms with Crippen LogP contribution in [-0.4, -0.2) is 52.0 Å². The van der Waals surface area contributed by atoms with Crippen molar-refractivity contribution in [2.45, 2.75) is 19.4 Å². The number of carbonyl (C=O) groups is 2. The number of aliphatic hydroxyl groups excluding tert-OH is 1. The number of aliphatic hydroxyl groups is 1. The summed E-state index contributed by atoms with van der Waals surface area (Å²) < 4.78 is 11.8. The first-order valence-corrected chi connectivity index (χ1v) is 13.3. The third-order valence-corrected chi connectivity index (χ3v) is 7.38. The molecular weight excluding hydrogens is 564 g/mol. The third-order valence-electron chi connectivity index (χ3n) is 6.85. The summed E-state index contributed by atoms with van der Waals surface area (Å²) in [4.78, 5) is 31.5. The Morgan fingerprint density at radius 3 is 2.56 bits per heavy atom. The molecule has 9 heteroatoms. The Labute approximate surface area is 233 Å². The second-order valence-electron chi connectivity index (χ2n) is 9.13. The highest BCUT2D eigenvalue weighted by Gasteiger charge is 2.46. The number of aromatic amines is 1. The number of rotatable bonds is 8. The van der Waals surface area contributed by atoms with Crippen LogP contribution < -0.4 is 9.47 Å². The minimum Gasteiger partial charge on any atom is -0.507 e. The Hall–Kier alpha value is -4.24. The van der Waals surface area contributed by atoms with Gasteiger partial charge in [-0.15, -0.1) is 0 Å².